The highest BCUT2D eigenvalue weighted by Gasteiger charge is 2.70. The molecule has 4 aliphatic rings. The van der Waals surface area contributed by atoms with Crippen LogP contribution in [0.3, 0.4) is 0 Å². The number of fused-ring (bicyclic) bond motifs is 5. The van der Waals surface area contributed by atoms with Crippen LogP contribution in [-0.2, 0) is 18.8 Å². The minimum atomic E-state index is -4.17. The molecule has 0 spiro atoms. The van der Waals surface area contributed by atoms with E-state index in [0.29, 0.717) is 19.3 Å². The Kier molecular flexibility index (Phi) is 8.72. The highest BCUT2D eigenvalue weighted by molar-refractivity contribution is 7.81. The van der Waals surface area contributed by atoms with E-state index in [4.69, 9.17) is 4.18 Å². The van der Waals surface area contributed by atoms with Crippen LogP contribution in [0, 0.1) is 46.3 Å². The third-order valence-corrected chi connectivity index (χ3v) is 12.6. The van der Waals surface area contributed by atoms with Crippen LogP contribution in [-0.4, -0.2) is 77.7 Å². The lowest BCUT2D eigenvalue weighted by atomic mass is 9.42. The van der Waals surface area contributed by atoms with Gasteiger partial charge in [0.15, 0.2) is 0 Å². The van der Waals surface area contributed by atoms with Crippen LogP contribution in [0.15, 0.2) is 0 Å². The van der Waals surface area contributed by atoms with E-state index < -0.39 is 45.8 Å². The third kappa shape index (κ3) is 4.89. The summed E-state index contributed by atoms with van der Waals surface area (Å²) >= 11 is 0. The Labute approximate surface area is 228 Å². The van der Waals surface area contributed by atoms with Crippen LogP contribution in [0.25, 0.3) is 0 Å². The molecule has 0 aromatic rings. The number of aliphatic hydroxyl groups excluding tert-OH is 4. The SMILES string of the molecule is COS(=O)(=O)OC1CCC2(C)C3CCC4(C)C(C(C)CCCC(C)CO)C(O)C(O)C4C3CC(O)C2(O)C1. The zero-order valence-corrected chi connectivity index (χ0v) is 24.4. The fraction of sp³-hybridized carbons (Fsp3) is 1.00. The van der Waals surface area contributed by atoms with Crippen LogP contribution in [0.5, 0.6) is 0 Å². The monoisotopic (exact) mass is 562 g/mol. The van der Waals surface area contributed by atoms with Gasteiger partial charge in [-0.3, -0.25) is 4.18 Å². The zero-order valence-electron chi connectivity index (χ0n) is 23.6. The second-order valence-electron chi connectivity index (χ2n) is 13.7. The Hall–Kier alpha value is -0.330. The molecule has 0 aliphatic heterocycles. The molecule has 13 unspecified atom stereocenters. The molecule has 9 nitrogen and oxygen atoms in total. The van der Waals surface area contributed by atoms with E-state index in [1.165, 1.54) is 0 Å². The molecule has 0 amide bonds. The zero-order chi connectivity index (χ0) is 28.3. The van der Waals surface area contributed by atoms with Crippen molar-refractivity contribution in [1.29, 1.82) is 0 Å². The Balaban J connectivity index is 1.56. The lowest BCUT2D eigenvalue weighted by Crippen LogP contribution is -2.69. The molecule has 222 valence electrons. The summed E-state index contributed by atoms with van der Waals surface area (Å²) in [6.45, 7) is 8.56. The Morgan fingerprint density at radius 2 is 1.71 bits per heavy atom. The van der Waals surface area contributed by atoms with Crippen LogP contribution in [0.2, 0.25) is 0 Å². The van der Waals surface area contributed by atoms with E-state index in [0.717, 1.165) is 39.2 Å². The molecule has 4 rings (SSSR count). The summed E-state index contributed by atoms with van der Waals surface area (Å²) in [7, 11) is -3.14. The van der Waals surface area contributed by atoms with E-state index in [1.807, 2.05) is 13.8 Å². The van der Waals surface area contributed by atoms with Crippen LogP contribution < -0.4 is 0 Å². The summed E-state index contributed by atoms with van der Waals surface area (Å²) in [6.07, 6.45) is 1.99. The van der Waals surface area contributed by atoms with Crippen molar-refractivity contribution >= 4 is 10.4 Å². The van der Waals surface area contributed by atoms with E-state index in [9.17, 15) is 34.0 Å². The smallest absolute Gasteiger partial charge is 0.396 e. The molecular weight excluding hydrogens is 512 g/mol. The lowest BCUT2D eigenvalue weighted by Gasteiger charge is -2.65. The number of hydrogen-bond donors (Lipinski definition) is 5. The first kappa shape index (κ1) is 30.6. The number of hydrogen-bond acceptors (Lipinski definition) is 9. The predicted octanol–water partition coefficient (Wildman–Crippen LogP) is 2.38. The van der Waals surface area contributed by atoms with Crippen molar-refractivity contribution in [2.45, 2.75) is 115 Å². The highest BCUT2D eigenvalue weighted by Crippen LogP contribution is 2.69. The van der Waals surface area contributed by atoms with Crippen LogP contribution in [0.4, 0.5) is 0 Å². The van der Waals surface area contributed by atoms with E-state index in [2.05, 4.69) is 18.0 Å². The van der Waals surface area contributed by atoms with Crippen molar-refractivity contribution in [1.82, 2.24) is 0 Å². The van der Waals surface area contributed by atoms with Gasteiger partial charge in [-0.05, 0) is 79.4 Å². The summed E-state index contributed by atoms with van der Waals surface area (Å²) in [5.74, 6) is 0.147. The van der Waals surface area contributed by atoms with Crippen molar-refractivity contribution in [2.24, 2.45) is 46.3 Å². The molecule has 5 N–H and O–H groups in total. The number of aliphatic hydroxyl groups is 5. The summed E-state index contributed by atoms with van der Waals surface area (Å²) in [5.41, 5.74) is -2.49. The molecule has 0 saturated heterocycles. The maximum atomic E-state index is 11.9. The normalized spacial score (nSPS) is 48.6. The summed E-state index contributed by atoms with van der Waals surface area (Å²) in [5, 5.41) is 55.5. The van der Waals surface area contributed by atoms with Gasteiger partial charge in [-0.1, -0.05) is 40.5 Å². The average Bonchev–Trinajstić information content (AvgIpc) is 3.05. The largest absolute Gasteiger partial charge is 0.399 e. The van der Waals surface area contributed by atoms with E-state index in [1.54, 1.807) is 0 Å². The average molecular weight is 563 g/mol. The van der Waals surface area contributed by atoms with Gasteiger partial charge in [0.25, 0.3) is 0 Å². The Morgan fingerprint density at radius 3 is 2.34 bits per heavy atom. The first-order valence-corrected chi connectivity index (χ1v) is 15.8. The molecule has 0 aromatic carbocycles. The summed E-state index contributed by atoms with van der Waals surface area (Å²) in [4.78, 5) is 0. The fourth-order valence-corrected chi connectivity index (χ4v) is 10.3. The molecule has 38 heavy (non-hydrogen) atoms. The molecular formula is C28H50O9S. The second-order valence-corrected chi connectivity index (χ2v) is 15.0. The molecule has 10 heteroatoms. The topological polar surface area (TPSA) is 154 Å². The standard InChI is InChI=1S/C28H50O9S/c1-16(15-29)7-6-8-17(2)22-24(31)25(32)23-19-13-21(30)28(33)14-18(37-38(34,35)36-5)9-12-27(28,4)20(19)10-11-26(22,23)3/h16-25,29-33H,6-15H2,1-5H3. The van der Waals surface area contributed by atoms with Gasteiger partial charge in [0, 0.05) is 18.4 Å². The first-order valence-electron chi connectivity index (χ1n) is 14.5. The van der Waals surface area contributed by atoms with Crippen molar-refractivity contribution in [2.75, 3.05) is 13.7 Å². The lowest BCUT2D eigenvalue weighted by molar-refractivity contribution is -0.266. The molecule has 0 radical (unpaired) electrons. The fourth-order valence-electron chi connectivity index (χ4n) is 9.70. The van der Waals surface area contributed by atoms with Gasteiger partial charge >= 0.3 is 10.4 Å². The maximum absolute atomic E-state index is 11.9. The van der Waals surface area contributed by atoms with Crippen LogP contribution in [0.1, 0.15) is 85.5 Å². The van der Waals surface area contributed by atoms with Gasteiger partial charge < -0.3 is 25.5 Å². The molecule has 4 saturated carbocycles. The van der Waals surface area contributed by atoms with Gasteiger partial charge in [0.1, 0.15) is 0 Å². The second kappa shape index (κ2) is 10.8. The quantitative estimate of drug-likeness (QED) is 0.285. The molecule has 0 bridgehead atoms. The minimum absolute atomic E-state index is 0.00445. The molecule has 0 heterocycles. The van der Waals surface area contributed by atoms with Gasteiger partial charge in [0.05, 0.1) is 37.1 Å². The van der Waals surface area contributed by atoms with Gasteiger partial charge in [-0.2, -0.15) is 8.42 Å². The molecule has 0 aromatic heterocycles. The third-order valence-electron chi connectivity index (χ3n) is 11.7. The van der Waals surface area contributed by atoms with Crippen LogP contribution >= 0.6 is 0 Å². The molecule has 13 atom stereocenters. The predicted molar refractivity (Wildman–Crippen MR) is 141 cm³/mol. The van der Waals surface area contributed by atoms with Crippen molar-refractivity contribution in [3.05, 3.63) is 0 Å². The van der Waals surface area contributed by atoms with E-state index >= 15 is 0 Å². The molecule has 4 aliphatic carbocycles. The van der Waals surface area contributed by atoms with Crippen molar-refractivity contribution in [3.63, 3.8) is 0 Å². The number of rotatable bonds is 9. The summed E-state index contributed by atoms with van der Waals surface area (Å²) < 4.78 is 33.4. The van der Waals surface area contributed by atoms with Crippen molar-refractivity contribution < 1.29 is 42.3 Å². The van der Waals surface area contributed by atoms with Gasteiger partial charge in [-0.15, -0.1) is 0 Å². The Morgan fingerprint density at radius 1 is 1.03 bits per heavy atom. The Bertz CT molecular complexity index is 945. The van der Waals surface area contributed by atoms with Gasteiger partial charge in [-0.25, -0.2) is 4.18 Å². The molecule has 4 fully saturated rings. The maximum Gasteiger partial charge on any atom is 0.399 e. The van der Waals surface area contributed by atoms with Gasteiger partial charge in [0.2, 0.25) is 0 Å². The van der Waals surface area contributed by atoms with E-state index in [-0.39, 0.29) is 54.0 Å². The summed E-state index contributed by atoms with van der Waals surface area (Å²) in [6, 6.07) is 0. The van der Waals surface area contributed by atoms with Crippen molar-refractivity contribution in [3.8, 4) is 0 Å². The highest BCUT2D eigenvalue weighted by atomic mass is 32.3. The first-order chi connectivity index (χ1) is 17.6. The minimum Gasteiger partial charge on any atom is -0.396 e.